The number of nitrogens with zero attached hydrogens (tertiary/aromatic N) is 4. The zero-order valence-electron chi connectivity index (χ0n) is 30.8. The predicted molar refractivity (Wildman–Crippen MR) is 203 cm³/mol. The van der Waals surface area contributed by atoms with Crippen LogP contribution >= 0.6 is 0 Å². The molecule has 1 saturated heterocycles. The fraction of sp³-hybridized carbons (Fsp3) is 0.366. The van der Waals surface area contributed by atoms with Gasteiger partial charge >= 0.3 is 6.09 Å². The molecule has 1 fully saturated rings. The number of fused-ring (bicyclic) bond motifs is 1. The molecule has 0 aliphatic carbocycles. The van der Waals surface area contributed by atoms with Crippen molar-refractivity contribution in [1.29, 1.82) is 0 Å². The zero-order valence-corrected chi connectivity index (χ0v) is 30.8. The van der Waals surface area contributed by atoms with E-state index >= 15 is 0 Å². The average Bonchev–Trinajstić information content (AvgIpc) is 3.70. The third-order valence-corrected chi connectivity index (χ3v) is 9.19. The van der Waals surface area contributed by atoms with E-state index in [4.69, 9.17) is 19.6 Å². The van der Waals surface area contributed by atoms with Crippen molar-refractivity contribution in [3.8, 4) is 16.9 Å². The molecule has 2 N–H and O–H groups in total. The normalized spacial score (nSPS) is 14.8. The SMILES string of the molecule is COc1ccc(Cn2nc(N[C@@H]3CCN(C(=O)OC(C)(C)C)C3)c3c(-c4cccc(NC(=O)c5ccc(C(C)(C)C)cc5)c4C)ccnc32)cc1. The van der Waals surface area contributed by atoms with Crippen LogP contribution in [-0.4, -0.2) is 63.5 Å². The number of rotatable bonds is 8. The number of hydrogen-bond donors (Lipinski definition) is 2. The van der Waals surface area contributed by atoms with Gasteiger partial charge in [0.2, 0.25) is 0 Å². The van der Waals surface area contributed by atoms with Gasteiger partial charge in [0.15, 0.2) is 11.5 Å². The number of benzene rings is 3. The molecule has 10 heteroatoms. The van der Waals surface area contributed by atoms with E-state index in [1.807, 2.05) is 99.1 Å². The van der Waals surface area contributed by atoms with E-state index in [2.05, 4.69) is 37.5 Å². The fourth-order valence-corrected chi connectivity index (χ4v) is 6.38. The minimum Gasteiger partial charge on any atom is -0.497 e. The molecule has 0 unspecified atom stereocenters. The van der Waals surface area contributed by atoms with Crippen LogP contribution in [0.2, 0.25) is 0 Å². The highest BCUT2D eigenvalue weighted by molar-refractivity contribution is 6.06. The molecule has 0 bridgehead atoms. The Kier molecular flexibility index (Phi) is 9.79. The Morgan fingerprint density at radius 2 is 1.65 bits per heavy atom. The smallest absolute Gasteiger partial charge is 0.410 e. The monoisotopic (exact) mass is 688 g/mol. The molecule has 10 nitrogen and oxygen atoms in total. The van der Waals surface area contributed by atoms with Gasteiger partial charge in [-0.05, 0) is 104 Å². The first-order valence-corrected chi connectivity index (χ1v) is 17.4. The summed E-state index contributed by atoms with van der Waals surface area (Å²) in [5.74, 6) is 1.30. The second kappa shape index (κ2) is 14.1. The number of carbonyl (C=O) groups excluding carboxylic acids is 2. The third kappa shape index (κ3) is 8.01. The van der Waals surface area contributed by atoms with Crippen LogP contribution in [-0.2, 0) is 16.7 Å². The Morgan fingerprint density at radius 3 is 2.31 bits per heavy atom. The molecule has 2 amide bonds. The molecule has 3 aromatic carbocycles. The molecule has 1 aliphatic heterocycles. The van der Waals surface area contributed by atoms with E-state index in [-0.39, 0.29) is 23.5 Å². The molecule has 3 heterocycles. The van der Waals surface area contributed by atoms with Gasteiger partial charge in [-0.2, -0.15) is 5.10 Å². The molecule has 0 spiro atoms. The summed E-state index contributed by atoms with van der Waals surface area (Å²) in [7, 11) is 1.65. The fourth-order valence-electron chi connectivity index (χ4n) is 6.38. The molecule has 1 aliphatic rings. The lowest BCUT2D eigenvalue weighted by molar-refractivity contribution is 0.0293. The maximum atomic E-state index is 13.4. The third-order valence-electron chi connectivity index (χ3n) is 9.19. The number of aromatic nitrogens is 3. The van der Waals surface area contributed by atoms with Crippen LogP contribution in [0.1, 0.15) is 75.0 Å². The molecule has 6 rings (SSSR count). The molecule has 0 saturated carbocycles. The number of methoxy groups -OCH3 is 1. The van der Waals surface area contributed by atoms with Gasteiger partial charge in [0, 0.05) is 36.6 Å². The molecule has 266 valence electrons. The average molecular weight is 689 g/mol. The lowest BCUT2D eigenvalue weighted by Crippen LogP contribution is -2.36. The summed E-state index contributed by atoms with van der Waals surface area (Å²) in [4.78, 5) is 32.8. The lowest BCUT2D eigenvalue weighted by Gasteiger charge is -2.24. The Morgan fingerprint density at radius 1 is 0.922 bits per heavy atom. The van der Waals surface area contributed by atoms with Crippen LogP contribution in [0.3, 0.4) is 0 Å². The van der Waals surface area contributed by atoms with Crippen LogP contribution in [0.15, 0.2) is 79.0 Å². The van der Waals surface area contributed by atoms with Gasteiger partial charge in [0.25, 0.3) is 5.91 Å². The molecule has 51 heavy (non-hydrogen) atoms. The standard InChI is InChI=1S/C41H48N6O4/c1-26-32(10-9-11-34(26)44-38(48)28-14-16-29(17-15-28)40(2,3)4)33-20-22-42-37-35(33)36(45-47(37)24-27-12-18-31(50-8)19-13-27)43-30-21-23-46(25-30)39(49)51-41(5,6)7/h9-20,22,30H,21,23-25H2,1-8H3,(H,43,45)(H,44,48)/t30-/m1/s1. The van der Waals surface area contributed by atoms with Gasteiger partial charge in [-0.3, -0.25) is 4.79 Å². The van der Waals surface area contributed by atoms with Crippen LogP contribution in [0, 0.1) is 6.92 Å². The van der Waals surface area contributed by atoms with Crippen molar-refractivity contribution in [2.24, 2.45) is 0 Å². The Bertz CT molecular complexity index is 2040. The Balaban J connectivity index is 1.34. The Labute approximate surface area is 300 Å². The summed E-state index contributed by atoms with van der Waals surface area (Å²) in [6.07, 6.45) is 2.23. The van der Waals surface area contributed by atoms with Crippen molar-refractivity contribution in [2.45, 2.75) is 78.5 Å². The summed E-state index contributed by atoms with van der Waals surface area (Å²) < 4.78 is 12.9. The largest absolute Gasteiger partial charge is 0.497 e. The number of carbonyl (C=O) groups is 2. The van der Waals surface area contributed by atoms with E-state index in [9.17, 15) is 9.59 Å². The van der Waals surface area contributed by atoms with Gasteiger partial charge in [0.05, 0.1) is 19.0 Å². The highest BCUT2D eigenvalue weighted by atomic mass is 16.6. The second-order valence-corrected chi connectivity index (χ2v) is 15.2. The first-order valence-electron chi connectivity index (χ1n) is 17.4. The van der Waals surface area contributed by atoms with Crippen LogP contribution < -0.4 is 15.4 Å². The number of nitrogens with one attached hydrogen (secondary N) is 2. The minimum absolute atomic E-state index is 0.00119. The van der Waals surface area contributed by atoms with Gasteiger partial charge in [0.1, 0.15) is 11.4 Å². The number of amides is 2. The maximum absolute atomic E-state index is 13.4. The summed E-state index contributed by atoms with van der Waals surface area (Å²) in [6, 6.07) is 23.6. The molecule has 0 radical (unpaired) electrons. The number of hydrogen-bond acceptors (Lipinski definition) is 7. The number of pyridine rings is 1. The van der Waals surface area contributed by atoms with E-state index in [1.54, 1.807) is 18.2 Å². The topological polar surface area (TPSA) is 111 Å². The van der Waals surface area contributed by atoms with Crippen LogP contribution in [0.4, 0.5) is 16.3 Å². The Hall–Kier alpha value is -5.38. The van der Waals surface area contributed by atoms with Gasteiger partial charge in [-0.15, -0.1) is 0 Å². The van der Waals surface area contributed by atoms with E-state index in [0.717, 1.165) is 51.1 Å². The number of anilines is 2. The van der Waals surface area contributed by atoms with Crippen molar-refractivity contribution in [2.75, 3.05) is 30.8 Å². The van der Waals surface area contributed by atoms with Gasteiger partial charge < -0.3 is 25.0 Å². The minimum atomic E-state index is -0.567. The van der Waals surface area contributed by atoms with Crippen LogP contribution in [0.25, 0.3) is 22.2 Å². The molecule has 1 atom stereocenters. The van der Waals surface area contributed by atoms with Crippen molar-refractivity contribution in [1.82, 2.24) is 19.7 Å². The first kappa shape index (κ1) is 35.4. The summed E-state index contributed by atoms with van der Waals surface area (Å²) in [5.41, 5.74) is 6.53. The predicted octanol–water partition coefficient (Wildman–Crippen LogP) is 8.43. The van der Waals surface area contributed by atoms with Gasteiger partial charge in [-0.25, -0.2) is 14.5 Å². The van der Waals surface area contributed by atoms with Crippen molar-refractivity contribution in [3.63, 3.8) is 0 Å². The highest BCUT2D eigenvalue weighted by Crippen LogP contribution is 2.37. The van der Waals surface area contributed by atoms with E-state index < -0.39 is 5.60 Å². The summed E-state index contributed by atoms with van der Waals surface area (Å²) in [6.45, 7) is 15.7. The van der Waals surface area contributed by atoms with Crippen LogP contribution in [0.5, 0.6) is 5.75 Å². The summed E-state index contributed by atoms with van der Waals surface area (Å²) >= 11 is 0. The number of ether oxygens (including phenoxy) is 2. The molecular weight excluding hydrogens is 640 g/mol. The van der Waals surface area contributed by atoms with E-state index in [1.165, 1.54) is 5.56 Å². The van der Waals surface area contributed by atoms with Crippen molar-refractivity contribution < 1.29 is 19.1 Å². The molecular formula is C41H48N6O4. The molecule has 5 aromatic rings. The lowest BCUT2D eigenvalue weighted by atomic mass is 9.86. The second-order valence-electron chi connectivity index (χ2n) is 15.2. The van der Waals surface area contributed by atoms with Crippen molar-refractivity contribution in [3.05, 3.63) is 101 Å². The summed E-state index contributed by atoms with van der Waals surface area (Å²) in [5, 5.41) is 12.7. The quantitative estimate of drug-likeness (QED) is 0.168. The van der Waals surface area contributed by atoms with E-state index in [0.29, 0.717) is 31.0 Å². The first-order chi connectivity index (χ1) is 24.2. The zero-order chi connectivity index (χ0) is 36.5. The maximum Gasteiger partial charge on any atom is 0.410 e. The molecule has 2 aromatic heterocycles. The number of likely N-dealkylation sites (tertiary alicyclic amines) is 1. The van der Waals surface area contributed by atoms with Gasteiger partial charge in [-0.1, -0.05) is 57.2 Å². The highest BCUT2D eigenvalue weighted by Gasteiger charge is 2.31. The van der Waals surface area contributed by atoms with Crippen molar-refractivity contribution >= 4 is 34.5 Å².